The fourth-order valence-electron chi connectivity index (χ4n) is 10.4. The zero-order valence-corrected chi connectivity index (χ0v) is 44.9. The first-order chi connectivity index (χ1) is 28.9. The molecule has 3 aliphatic rings. The van der Waals surface area contributed by atoms with Crippen LogP contribution >= 0.6 is 0 Å². The number of hydrogen-bond donors (Lipinski definition) is 2. The van der Waals surface area contributed by atoms with Crippen LogP contribution in [0.25, 0.3) is 0 Å². The Hall–Kier alpha value is -0.610. The summed E-state index contributed by atoms with van der Waals surface area (Å²) >= 11 is 0. The molecule has 7 atom stereocenters. The first-order valence-electron chi connectivity index (χ1n) is 27.5. The molecule has 3 aliphatic carbocycles. The van der Waals surface area contributed by atoms with Crippen molar-refractivity contribution in [1.29, 1.82) is 0 Å². The van der Waals surface area contributed by atoms with Gasteiger partial charge >= 0.3 is 0 Å². The average molecular weight is 854 g/mol. The Balaban J connectivity index is -0.000000590. The van der Waals surface area contributed by atoms with E-state index in [1.807, 2.05) is 27.7 Å². The second-order valence-corrected chi connectivity index (χ2v) is 19.1. The van der Waals surface area contributed by atoms with Gasteiger partial charge in [-0.15, -0.1) is 0 Å². The molecular weight excluding hydrogens is 733 g/mol. The number of nitrogens with zero attached hydrogens (tertiary/aromatic N) is 1. The number of aliphatic hydroxyl groups excluding tert-OH is 1. The first kappa shape index (κ1) is 66.0. The number of amides is 1. The van der Waals surface area contributed by atoms with Gasteiger partial charge in [-0.1, -0.05) is 214 Å². The van der Waals surface area contributed by atoms with Gasteiger partial charge in [0.25, 0.3) is 0 Å². The smallest absolute Gasteiger partial charge is 0.222 e. The van der Waals surface area contributed by atoms with E-state index in [0.717, 1.165) is 61.9 Å². The van der Waals surface area contributed by atoms with Gasteiger partial charge in [-0.05, 0) is 118 Å². The van der Waals surface area contributed by atoms with Crippen LogP contribution < -0.4 is 5.73 Å². The quantitative estimate of drug-likeness (QED) is 0.107. The molecule has 0 aromatic carbocycles. The zero-order chi connectivity index (χ0) is 46.7. The van der Waals surface area contributed by atoms with Crippen molar-refractivity contribution in [3.05, 3.63) is 0 Å². The van der Waals surface area contributed by atoms with E-state index >= 15 is 0 Å². The summed E-state index contributed by atoms with van der Waals surface area (Å²) in [5.41, 5.74) is 6.07. The molecule has 0 spiro atoms. The topological polar surface area (TPSA) is 66.6 Å². The normalized spacial score (nSPS) is 24.9. The van der Waals surface area contributed by atoms with E-state index in [4.69, 9.17) is 10.8 Å². The number of unbranched alkanes of at least 4 members (excludes halogenated alkanes) is 10. The molecule has 4 heteroatoms. The molecule has 60 heavy (non-hydrogen) atoms. The Bertz CT molecular complexity index is 817. The number of carbonyl (C=O) groups is 1. The van der Waals surface area contributed by atoms with Crippen molar-refractivity contribution >= 4 is 5.91 Å². The van der Waals surface area contributed by atoms with E-state index in [1.54, 1.807) is 0 Å². The van der Waals surface area contributed by atoms with Crippen molar-refractivity contribution in [1.82, 2.24) is 4.90 Å². The number of fused-ring (bicyclic) bond motifs is 1. The van der Waals surface area contributed by atoms with Crippen LogP contribution in [-0.4, -0.2) is 42.2 Å². The van der Waals surface area contributed by atoms with E-state index in [-0.39, 0.29) is 6.61 Å². The van der Waals surface area contributed by atoms with Crippen molar-refractivity contribution < 1.29 is 9.90 Å². The van der Waals surface area contributed by atoms with Gasteiger partial charge in [-0.3, -0.25) is 4.79 Å². The maximum Gasteiger partial charge on any atom is 0.222 e. The van der Waals surface area contributed by atoms with Crippen LogP contribution in [0.3, 0.4) is 0 Å². The highest BCUT2D eigenvalue weighted by Crippen LogP contribution is 2.62. The zero-order valence-electron chi connectivity index (χ0n) is 44.9. The van der Waals surface area contributed by atoms with Crippen molar-refractivity contribution in [2.24, 2.45) is 46.2 Å². The van der Waals surface area contributed by atoms with E-state index in [1.165, 1.54) is 161 Å². The van der Waals surface area contributed by atoms with E-state index in [2.05, 4.69) is 88.0 Å². The number of carbonyl (C=O) groups excluding carboxylic acids is 1. The van der Waals surface area contributed by atoms with Gasteiger partial charge in [0, 0.05) is 26.1 Å². The third kappa shape index (κ3) is 29.7. The predicted octanol–water partition coefficient (Wildman–Crippen LogP) is 18.0. The summed E-state index contributed by atoms with van der Waals surface area (Å²) in [6.07, 6.45) is 36.4. The molecular formula is C56H120N2O2. The van der Waals surface area contributed by atoms with Crippen molar-refractivity contribution in [3.8, 4) is 0 Å². The summed E-state index contributed by atoms with van der Waals surface area (Å²) in [6, 6.07) is 0. The fourth-order valence-corrected chi connectivity index (χ4v) is 10.4. The molecule has 3 N–H and O–H groups in total. The van der Waals surface area contributed by atoms with Crippen LogP contribution in [-0.2, 0) is 4.79 Å². The Morgan fingerprint density at radius 3 is 1.57 bits per heavy atom. The lowest BCUT2D eigenvalue weighted by atomic mass is 9.51. The Morgan fingerprint density at radius 2 is 1.17 bits per heavy atom. The predicted molar refractivity (Wildman–Crippen MR) is 275 cm³/mol. The summed E-state index contributed by atoms with van der Waals surface area (Å²) in [6.45, 7) is 38.8. The molecule has 3 rings (SSSR count). The summed E-state index contributed by atoms with van der Waals surface area (Å²) < 4.78 is 0. The third-order valence-corrected chi connectivity index (χ3v) is 14.1. The Morgan fingerprint density at radius 1 is 0.667 bits per heavy atom. The summed E-state index contributed by atoms with van der Waals surface area (Å²) in [7, 11) is 0. The van der Waals surface area contributed by atoms with Crippen molar-refractivity contribution in [3.63, 3.8) is 0 Å². The van der Waals surface area contributed by atoms with E-state index in [0.29, 0.717) is 23.3 Å². The van der Waals surface area contributed by atoms with Gasteiger partial charge in [0.1, 0.15) is 0 Å². The number of rotatable bonds is 22. The highest BCUT2D eigenvalue weighted by Gasteiger charge is 2.53. The van der Waals surface area contributed by atoms with Gasteiger partial charge in [-0.2, -0.15) is 0 Å². The number of aliphatic hydroxyl groups is 1. The van der Waals surface area contributed by atoms with E-state index < -0.39 is 0 Å². The molecule has 3 saturated carbocycles. The molecule has 0 aromatic heterocycles. The molecule has 0 saturated heterocycles. The molecule has 4 unspecified atom stereocenters. The molecule has 366 valence electrons. The average Bonchev–Trinajstić information content (AvgIpc) is 3.58. The monoisotopic (exact) mass is 853 g/mol. The second-order valence-electron chi connectivity index (χ2n) is 19.1. The highest BCUT2D eigenvalue weighted by atomic mass is 16.3. The fraction of sp³-hybridized carbons (Fsp3) is 0.982. The van der Waals surface area contributed by atoms with Crippen LogP contribution in [0.1, 0.15) is 291 Å². The molecule has 0 aliphatic heterocycles. The van der Waals surface area contributed by atoms with Crippen LogP contribution in [0.5, 0.6) is 0 Å². The van der Waals surface area contributed by atoms with Crippen LogP contribution in [0.15, 0.2) is 0 Å². The molecule has 0 heterocycles. The van der Waals surface area contributed by atoms with Gasteiger partial charge in [0.2, 0.25) is 5.91 Å². The summed E-state index contributed by atoms with van der Waals surface area (Å²) in [4.78, 5) is 15.6. The second kappa shape index (κ2) is 46.4. The van der Waals surface area contributed by atoms with Crippen molar-refractivity contribution in [2.45, 2.75) is 291 Å². The minimum Gasteiger partial charge on any atom is -0.396 e. The van der Waals surface area contributed by atoms with Gasteiger partial charge in [-0.25, -0.2) is 0 Å². The highest BCUT2D eigenvalue weighted by molar-refractivity contribution is 5.76. The van der Waals surface area contributed by atoms with E-state index in [9.17, 15) is 4.79 Å². The molecule has 0 bridgehead atoms. The van der Waals surface area contributed by atoms with Crippen LogP contribution in [0.4, 0.5) is 0 Å². The van der Waals surface area contributed by atoms with Gasteiger partial charge < -0.3 is 15.7 Å². The molecule has 4 nitrogen and oxygen atoms in total. The molecule has 1 amide bonds. The van der Waals surface area contributed by atoms with Gasteiger partial charge in [0.05, 0.1) is 0 Å². The lowest BCUT2D eigenvalue weighted by Crippen LogP contribution is -2.45. The molecule has 3 fully saturated rings. The minimum absolute atomic E-state index is 0.219. The largest absolute Gasteiger partial charge is 0.396 e. The molecule has 0 radical (unpaired) electrons. The Labute approximate surface area is 382 Å². The molecule has 0 aromatic rings. The summed E-state index contributed by atoms with van der Waals surface area (Å²) in [5, 5.41) is 7.99. The maximum atomic E-state index is 13.3. The number of nitrogens with two attached hydrogens (primary N) is 1. The first-order valence-corrected chi connectivity index (χ1v) is 27.5. The standard InChI is InChI=1S/C36H67NO.2C5H12.C3H9NO.C3H8.2C2H6/c1-7-10-12-16-25-37(26-17-13-11-8-2)34(38)21-18-20-30-22-23-33(36(30,6)9-3)32-28-35(5)24-15-14-19-31(35)27-29(32)4;2*1-3-5-4-2;4-2-1-3-5;1-3-2;2*1-2/h29-33H,7-28H2,1-6H3;2*3-5H2,1-2H3;5H,1-4H2;3H2,1-2H3;2*1-2H3/t29?,30-,31?,32?,33?,35+,36+;;;;;;/m0....../s1. The third-order valence-electron chi connectivity index (χ3n) is 14.1. The van der Waals surface area contributed by atoms with Crippen molar-refractivity contribution in [2.75, 3.05) is 26.2 Å². The number of hydrogen-bond acceptors (Lipinski definition) is 3. The SMILES string of the molecule is CC.CC.CCC.CCCCC.CCCCC.CCCCCCN(CCCCCC)C(=O)CCC[C@H]1CCC(C2C[C@@]3(C)CCCCC3CC2C)[C@]1(C)CC.NCCCO. The lowest BCUT2D eigenvalue weighted by molar-refractivity contribution is -0.131. The maximum absolute atomic E-state index is 13.3. The Kier molecular flexibility index (Phi) is 51.0. The minimum atomic E-state index is 0.219. The van der Waals surface area contributed by atoms with Crippen LogP contribution in [0.2, 0.25) is 0 Å². The summed E-state index contributed by atoms with van der Waals surface area (Å²) in [5.74, 6) is 4.98. The lowest BCUT2D eigenvalue weighted by Gasteiger charge is -2.54. The van der Waals surface area contributed by atoms with Crippen LogP contribution in [0, 0.1) is 40.4 Å². The van der Waals surface area contributed by atoms with Gasteiger partial charge in [0.15, 0.2) is 0 Å².